The van der Waals surface area contributed by atoms with Crippen LogP contribution in [-0.2, 0) is 10.0 Å². The van der Waals surface area contributed by atoms with Crippen LogP contribution in [0.1, 0.15) is 42.5 Å². The molecule has 1 heterocycles. The molecule has 2 fully saturated rings. The topological polar surface area (TPSA) is 78.5 Å². The standard InChI is InChI=1S/C21H23Cl2N3O3S/c22-18-13-19(23)20(30(28,29)25-14-7-8-14)12-17(18)21(27)24-15-5-4-6-16(11-15)26-9-2-1-3-10-26/h4-6,11-14,25H,1-3,7-10H2,(H,24,27). The maximum atomic E-state index is 12.9. The van der Waals surface area contributed by atoms with Crippen molar-refractivity contribution in [1.29, 1.82) is 0 Å². The molecule has 0 radical (unpaired) electrons. The van der Waals surface area contributed by atoms with Crippen LogP contribution in [0.3, 0.4) is 0 Å². The highest BCUT2D eigenvalue weighted by Gasteiger charge is 2.30. The molecule has 1 aliphatic heterocycles. The number of nitrogens with one attached hydrogen (secondary N) is 2. The molecule has 2 aromatic carbocycles. The Labute approximate surface area is 186 Å². The van der Waals surface area contributed by atoms with E-state index >= 15 is 0 Å². The largest absolute Gasteiger partial charge is 0.371 e. The van der Waals surface area contributed by atoms with Gasteiger partial charge in [-0.25, -0.2) is 13.1 Å². The van der Waals surface area contributed by atoms with E-state index in [4.69, 9.17) is 23.2 Å². The summed E-state index contributed by atoms with van der Waals surface area (Å²) in [5, 5.41) is 2.90. The van der Waals surface area contributed by atoms with Gasteiger partial charge in [-0.05, 0) is 62.4 Å². The van der Waals surface area contributed by atoms with Crippen molar-refractivity contribution in [3.63, 3.8) is 0 Å². The molecule has 0 aromatic heterocycles. The molecular weight excluding hydrogens is 445 g/mol. The van der Waals surface area contributed by atoms with Crippen molar-refractivity contribution in [3.05, 3.63) is 52.0 Å². The Kier molecular flexibility index (Phi) is 6.25. The number of hydrogen-bond donors (Lipinski definition) is 2. The average Bonchev–Trinajstić information content (AvgIpc) is 3.52. The molecule has 1 amide bonds. The Morgan fingerprint density at radius 1 is 1.00 bits per heavy atom. The fourth-order valence-corrected chi connectivity index (χ4v) is 5.69. The van der Waals surface area contributed by atoms with Gasteiger partial charge in [0.05, 0.1) is 15.6 Å². The number of carbonyl (C=O) groups excluding carboxylic acids is 1. The minimum absolute atomic E-state index is 0.0169. The molecule has 30 heavy (non-hydrogen) atoms. The summed E-state index contributed by atoms with van der Waals surface area (Å²) < 4.78 is 27.8. The third-order valence-corrected chi connectivity index (χ3v) is 7.58. The maximum Gasteiger partial charge on any atom is 0.257 e. The van der Waals surface area contributed by atoms with Crippen molar-refractivity contribution in [2.24, 2.45) is 0 Å². The first-order chi connectivity index (χ1) is 14.3. The highest BCUT2D eigenvalue weighted by atomic mass is 35.5. The summed E-state index contributed by atoms with van der Waals surface area (Å²) in [7, 11) is -3.82. The lowest BCUT2D eigenvalue weighted by atomic mass is 10.1. The molecule has 2 aromatic rings. The number of anilines is 2. The van der Waals surface area contributed by atoms with Crippen LogP contribution >= 0.6 is 23.2 Å². The Hall–Kier alpha value is -1.80. The third-order valence-electron chi connectivity index (χ3n) is 5.28. The van der Waals surface area contributed by atoms with Crippen molar-refractivity contribution < 1.29 is 13.2 Å². The van der Waals surface area contributed by atoms with Gasteiger partial charge in [-0.2, -0.15) is 0 Å². The number of hydrogen-bond acceptors (Lipinski definition) is 4. The van der Waals surface area contributed by atoms with Gasteiger partial charge >= 0.3 is 0 Å². The second kappa shape index (κ2) is 8.75. The van der Waals surface area contributed by atoms with Crippen molar-refractivity contribution in [2.45, 2.75) is 43.0 Å². The summed E-state index contributed by atoms with van der Waals surface area (Å²) in [6.07, 6.45) is 5.14. The fourth-order valence-electron chi connectivity index (χ4n) is 3.52. The quantitative estimate of drug-likeness (QED) is 0.646. The SMILES string of the molecule is O=C(Nc1cccc(N2CCCCC2)c1)c1cc(S(=O)(=O)NC2CC2)c(Cl)cc1Cl. The Balaban J connectivity index is 1.57. The van der Waals surface area contributed by atoms with E-state index in [-0.39, 0.29) is 26.5 Å². The zero-order valence-corrected chi connectivity index (χ0v) is 18.7. The van der Waals surface area contributed by atoms with Crippen LogP contribution in [0, 0.1) is 0 Å². The Morgan fingerprint density at radius 2 is 1.73 bits per heavy atom. The summed E-state index contributed by atoms with van der Waals surface area (Å²) in [6, 6.07) is 10.1. The number of sulfonamides is 1. The predicted molar refractivity (Wildman–Crippen MR) is 120 cm³/mol. The zero-order valence-electron chi connectivity index (χ0n) is 16.3. The zero-order chi connectivity index (χ0) is 21.3. The van der Waals surface area contributed by atoms with Gasteiger partial charge in [0.15, 0.2) is 0 Å². The number of benzene rings is 2. The van der Waals surface area contributed by atoms with Crippen LogP contribution in [0.15, 0.2) is 41.3 Å². The number of nitrogens with zero attached hydrogens (tertiary/aromatic N) is 1. The molecule has 6 nitrogen and oxygen atoms in total. The molecule has 2 N–H and O–H groups in total. The van der Waals surface area contributed by atoms with Crippen molar-refractivity contribution in [2.75, 3.05) is 23.3 Å². The van der Waals surface area contributed by atoms with Gasteiger partial charge in [0.25, 0.3) is 5.91 Å². The lowest BCUT2D eigenvalue weighted by Gasteiger charge is -2.29. The first-order valence-electron chi connectivity index (χ1n) is 10.0. The van der Waals surface area contributed by atoms with E-state index in [0.29, 0.717) is 5.69 Å². The molecule has 0 unspecified atom stereocenters. The third kappa shape index (κ3) is 4.91. The van der Waals surface area contributed by atoms with Gasteiger partial charge in [-0.15, -0.1) is 0 Å². The van der Waals surface area contributed by atoms with Gasteiger partial charge in [-0.1, -0.05) is 29.3 Å². The smallest absolute Gasteiger partial charge is 0.257 e. The van der Waals surface area contributed by atoms with Crippen LogP contribution in [0.5, 0.6) is 0 Å². The van der Waals surface area contributed by atoms with Gasteiger partial charge in [0.1, 0.15) is 4.90 Å². The number of piperidine rings is 1. The van der Waals surface area contributed by atoms with E-state index in [1.807, 2.05) is 18.2 Å². The van der Waals surface area contributed by atoms with E-state index < -0.39 is 15.9 Å². The van der Waals surface area contributed by atoms with Gasteiger partial charge < -0.3 is 10.2 Å². The van der Waals surface area contributed by atoms with Gasteiger partial charge in [-0.3, -0.25) is 4.79 Å². The molecule has 2 aliphatic rings. The Morgan fingerprint density at radius 3 is 2.43 bits per heavy atom. The molecule has 0 bridgehead atoms. The van der Waals surface area contributed by atoms with Crippen LogP contribution in [0.25, 0.3) is 0 Å². The second-order valence-electron chi connectivity index (χ2n) is 7.71. The first kappa shape index (κ1) is 21.4. The molecule has 0 spiro atoms. The maximum absolute atomic E-state index is 12.9. The lowest BCUT2D eigenvalue weighted by molar-refractivity contribution is 0.102. The molecule has 1 saturated carbocycles. The van der Waals surface area contributed by atoms with Crippen molar-refractivity contribution in [3.8, 4) is 0 Å². The van der Waals surface area contributed by atoms with Crippen molar-refractivity contribution in [1.82, 2.24) is 4.72 Å². The van der Waals surface area contributed by atoms with Crippen LogP contribution in [0.4, 0.5) is 11.4 Å². The number of carbonyl (C=O) groups is 1. The van der Waals surface area contributed by atoms with E-state index in [0.717, 1.165) is 44.5 Å². The summed E-state index contributed by atoms with van der Waals surface area (Å²) in [6.45, 7) is 1.99. The predicted octanol–water partition coefficient (Wildman–Crippen LogP) is 4.68. The molecule has 1 saturated heterocycles. The molecule has 9 heteroatoms. The normalized spacial score (nSPS) is 17.1. The van der Waals surface area contributed by atoms with Crippen LogP contribution in [-0.4, -0.2) is 33.5 Å². The summed E-state index contributed by atoms with van der Waals surface area (Å²) in [5.74, 6) is -0.490. The van der Waals surface area contributed by atoms with Gasteiger partial charge in [0.2, 0.25) is 10.0 Å². The summed E-state index contributed by atoms with van der Waals surface area (Å²) >= 11 is 12.3. The fraction of sp³-hybridized carbons (Fsp3) is 0.381. The van der Waals surface area contributed by atoms with Crippen molar-refractivity contribution >= 4 is 50.5 Å². The molecular formula is C21H23Cl2N3O3S. The van der Waals surface area contributed by atoms with E-state index in [9.17, 15) is 13.2 Å². The van der Waals surface area contributed by atoms with Gasteiger partial charge in [0, 0.05) is 30.5 Å². The number of halogens is 2. The van der Waals surface area contributed by atoms with Crippen LogP contribution < -0.4 is 14.9 Å². The molecule has 160 valence electrons. The Bertz CT molecular complexity index is 1070. The molecule has 4 rings (SSSR count). The van der Waals surface area contributed by atoms with Crippen LogP contribution in [0.2, 0.25) is 10.0 Å². The number of rotatable bonds is 6. The van der Waals surface area contributed by atoms with E-state index in [2.05, 4.69) is 14.9 Å². The molecule has 1 aliphatic carbocycles. The minimum Gasteiger partial charge on any atom is -0.371 e. The first-order valence-corrected chi connectivity index (χ1v) is 12.3. The molecule has 0 atom stereocenters. The average molecular weight is 468 g/mol. The summed E-state index contributed by atoms with van der Waals surface area (Å²) in [4.78, 5) is 15.0. The number of amides is 1. The minimum atomic E-state index is -3.82. The van der Waals surface area contributed by atoms with E-state index in [1.165, 1.54) is 18.6 Å². The summed E-state index contributed by atoms with van der Waals surface area (Å²) in [5.41, 5.74) is 1.72. The highest BCUT2D eigenvalue weighted by molar-refractivity contribution is 7.89. The lowest BCUT2D eigenvalue weighted by Crippen LogP contribution is -2.29. The monoisotopic (exact) mass is 467 g/mol. The highest BCUT2D eigenvalue weighted by Crippen LogP contribution is 2.31. The van der Waals surface area contributed by atoms with E-state index in [1.54, 1.807) is 6.07 Å². The second-order valence-corrected chi connectivity index (χ2v) is 10.2.